The summed E-state index contributed by atoms with van der Waals surface area (Å²) in [5.74, 6) is 0.543. The number of rotatable bonds is 4. The summed E-state index contributed by atoms with van der Waals surface area (Å²) in [6.45, 7) is 10.2. The monoisotopic (exact) mass is 219 g/mol. The van der Waals surface area contributed by atoms with Crippen molar-refractivity contribution in [2.75, 3.05) is 5.88 Å². The molecule has 0 aromatic rings. The molecule has 3 heteroatoms. The van der Waals surface area contributed by atoms with Crippen LogP contribution in [0.5, 0.6) is 0 Å². The summed E-state index contributed by atoms with van der Waals surface area (Å²) in [6.07, 6.45) is 1.39. The van der Waals surface area contributed by atoms with Gasteiger partial charge in [-0.1, -0.05) is 27.7 Å². The van der Waals surface area contributed by atoms with Crippen molar-refractivity contribution in [3.63, 3.8) is 0 Å². The molecule has 0 saturated carbocycles. The standard InChI is InChI=1S/C11H22ClNO/c1-6-11(5,8-12)13-9(14)7-10(2,3)4/h6-8H2,1-5H3,(H,13,14). The van der Waals surface area contributed by atoms with Crippen molar-refractivity contribution < 1.29 is 4.79 Å². The topological polar surface area (TPSA) is 29.1 Å². The van der Waals surface area contributed by atoms with Crippen LogP contribution in [0.4, 0.5) is 0 Å². The van der Waals surface area contributed by atoms with E-state index in [0.717, 1.165) is 6.42 Å². The average molecular weight is 220 g/mol. The van der Waals surface area contributed by atoms with Crippen molar-refractivity contribution >= 4 is 17.5 Å². The van der Waals surface area contributed by atoms with E-state index in [1.165, 1.54) is 0 Å². The van der Waals surface area contributed by atoms with Crippen LogP contribution in [0.2, 0.25) is 0 Å². The van der Waals surface area contributed by atoms with E-state index in [4.69, 9.17) is 11.6 Å². The van der Waals surface area contributed by atoms with Gasteiger partial charge in [0.25, 0.3) is 0 Å². The first-order valence-corrected chi connectivity index (χ1v) is 5.63. The molecule has 0 aliphatic rings. The molecule has 1 amide bonds. The maximum absolute atomic E-state index is 11.6. The molecule has 0 aliphatic carbocycles. The van der Waals surface area contributed by atoms with Crippen LogP contribution in [-0.4, -0.2) is 17.3 Å². The fraction of sp³-hybridized carbons (Fsp3) is 0.909. The number of hydrogen-bond acceptors (Lipinski definition) is 1. The van der Waals surface area contributed by atoms with Gasteiger partial charge in [0.15, 0.2) is 0 Å². The summed E-state index contributed by atoms with van der Waals surface area (Å²) >= 11 is 5.81. The van der Waals surface area contributed by atoms with E-state index in [-0.39, 0.29) is 16.9 Å². The summed E-state index contributed by atoms with van der Waals surface area (Å²) in [4.78, 5) is 11.6. The molecule has 0 saturated heterocycles. The molecule has 2 nitrogen and oxygen atoms in total. The lowest BCUT2D eigenvalue weighted by atomic mass is 9.91. The number of nitrogens with one attached hydrogen (secondary N) is 1. The minimum Gasteiger partial charge on any atom is -0.350 e. The van der Waals surface area contributed by atoms with Crippen molar-refractivity contribution in [3.8, 4) is 0 Å². The maximum atomic E-state index is 11.6. The van der Waals surface area contributed by atoms with Gasteiger partial charge in [0.2, 0.25) is 5.91 Å². The first kappa shape index (κ1) is 13.8. The fourth-order valence-electron chi connectivity index (χ4n) is 1.08. The molecule has 1 atom stereocenters. The Morgan fingerprint density at radius 3 is 2.07 bits per heavy atom. The quantitative estimate of drug-likeness (QED) is 0.724. The summed E-state index contributed by atoms with van der Waals surface area (Å²) in [5.41, 5.74) is -0.227. The van der Waals surface area contributed by atoms with Crippen LogP contribution in [-0.2, 0) is 4.79 Å². The van der Waals surface area contributed by atoms with E-state index in [2.05, 4.69) is 26.1 Å². The molecule has 0 fully saturated rings. The first-order valence-electron chi connectivity index (χ1n) is 5.09. The summed E-state index contributed by atoms with van der Waals surface area (Å²) < 4.78 is 0. The molecular formula is C11H22ClNO. The number of carbonyl (C=O) groups is 1. The summed E-state index contributed by atoms with van der Waals surface area (Å²) in [5, 5.41) is 2.98. The summed E-state index contributed by atoms with van der Waals surface area (Å²) in [7, 11) is 0. The molecule has 0 aromatic carbocycles. The average Bonchev–Trinajstić information content (AvgIpc) is 2.00. The number of hydrogen-bond donors (Lipinski definition) is 1. The second kappa shape index (κ2) is 5.01. The molecule has 0 aliphatic heterocycles. The lowest BCUT2D eigenvalue weighted by Crippen LogP contribution is -2.47. The van der Waals surface area contributed by atoms with Crippen molar-refractivity contribution in [1.82, 2.24) is 5.32 Å². The molecule has 0 aromatic heterocycles. The highest BCUT2D eigenvalue weighted by Gasteiger charge is 2.25. The first-order chi connectivity index (χ1) is 6.22. The zero-order valence-corrected chi connectivity index (χ0v) is 10.7. The molecule has 0 bridgehead atoms. The zero-order valence-electron chi connectivity index (χ0n) is 9.91. The van der Waals surface area contributed by atoms with Gasteiger partial charge in [0.05, 0.1) is 5.54 Å². The zero-order chi connectivity index (χ0) is 11.4. The van der Waals surface area contributed by atoms with Crippen LogP contribution in [0.25, 0.3) is 0 Å². The van der Waals surface area contributed by atoms with Gasteiger partial charge >= 0.3 is 0 Å². The van der Waals surface area contributed by atoms with Crippen LogP contribution in [0.15, 0.2) is 0 Å². The molecule has 0 rings (SSSR count). The lowest BCUT2D eigenvalue weighted by Gasteiger charge is -2.29. The number of halogens is 1. The molecule has 0 spiro atoms. The minimum atomic E-state index is -0.260. The van der Waals surface area contributed by atoms with E-state index in [1.54, 1.807) is 0 Å². The Morgan fingerprint density at radius 2 is 1.79 bits per heavy atom. The predicted molar refractivity (Wildman–Crippen MR) is 61.6 cm³/mol. The third-order valence-corrected chi connectivity index (χ3v) is 2.80. The lowest BCUT2D eigenvalue weighted by molar-refractivity contribution is -0.124. The van der Waals surface area contributed by atoms with Crippen LogP contribution in [0.1, 0.15) is 47.5 Å². The maximum Gasteiger partial charge on any atom is 0.220 e. The minimum absolute atomic E-state index is 0.0328. The van der Waals surface area contributed by atoms with Crippen LogP contribution in [0.3, 0.4) is 0 Å². The van der Waals surface area contributed by atoms with Gasteiger partial charge in [-0.05, 0) is 18.8 Å². The van der Waals surface area contributed by atoms with E-state index in [9.17, 15) is 4.79 Å². The van der Waals surface area contributed by atoms with Gasteiger partial charge in [-0.2, -0.15) is 0 Å². The van der Waals surface area contributed by atoms with Gasteiger partial charge in [-0.25, -0.2) is 0 Å². The Hall–Kier alpha value is -0.240. The van der Waals surface area contributed by atoms with Crippen molar-refractivity contribution in [2.45, 2.75) is 53.0 Å². The van der Waals surface area contributed by atoms with Gasteiger partial charge in [-0.3, -0.25) is 4.79 Å². The largest absolute Gasteiger partial charge is 0.350 e. The smallest absolute Gasteiger partial charge is 0.220 e. The van der Waals surface area contributed by atoms with E-state index < -0.39 is 0 Å². The Morgan fingerprint density at radius 1 is 1.29 bits per heavy atom. The second-order valence-electron chi connectivity index (χ2n) is 5.33. The van der Waals surface area contributed by atoms with Crippen molar-refractivity contribution in [2.24, 2.45) is 5.41 Å². The van der Waals surface area contributed by atoms with Crippen molar-refractivity contribution in [1.29, 1.82) is 0 Å². The molecule has 0 heterocycles. The van der Waals surface area contributed by atoms with Gasteiger partial charge < -0.3 is 5.32 Å². The fourth-order valence-corrected chi connectivity index (χ4v) is 1.33. The van der Waals surface area contributed by atoms with Gasteiger partial charge in [0, 0.05) is 12.3 Å². The highest BCUT2D eigenvalue weighted by atomic mass is 35.5. The third-order valence-electron chi connectivity index (χ3n) is 2.21. The molecular weight excluding hydrogens is 198 g/mol. The Kier molecular flexibility index (Phi) is 4.93. The van der Waals surface area contributed by atoms with Gasteiger partial charge in [-0.15, -0.1) is 11.6 Å². The highest BCUT2D eigenvalue weighted by Crippen LogP contribution is 2.19. The number of alkyl halides is 1. The Labute approximate surface area is 92.4 Å². The van der Waals surface area contributed by atoms with Crippen LogP contribution < -0.4 is 5.32 Å². The highest BCUT2D eigenvalue weighted by molar-refractivity contribution is 6.18. The Balaban J connectivity index is 4.18. The van der Waals surface area contributed by atoms with Crippen molar-refractivity contribution in [3.05, 3.63) is 0 Å². The van der Waals surface area contributed by atoms with E-state index >= 15 is 0 Å². The third kappa shape index (κ3) is 5.48. The second-order valence-corrected chi connectivity index (χ2v) is 5.60. The summed E-state index contributed by atoms with van der Waals surface area (Å²) in [6, 6.07) is 0. The van der Waals surface area contributed by atoms with Crippen LogP contribution >= 0.6 is 11.6 Å². The predicted octanol–water partition coefficient (Wildman–Crippen LogP) is 2.95. The van der Waals surface area contributed by atoms with E-state index in [0.29, 0.717) is 12.3 Å². The SMILES string of the molecule is CCC(C)(CCl)NC(=O)CC(C)(C)C. The molecule has 1 unspecified atom stereocenters. The number of carbonyl (C=O) groups excluding carboxylic acids is 1. The molecule has 14 heavy (non-hydrogen) atoms. The molecule has 0 radical (unpaired) electrons. The number of amides is 1. The van der Waals surface area contributed by atoms with Gasteiger partial charge in [0.1, 0.15) is 0 Å². The molecule has 1 N–H and O–H groups in total. The van der Waals surface area contributed by atoms with Crippen LogP contribution in [0, 0.1) is 5.41 Å². The van der Waals surface area contributed by atoms with E-state index in [1.807, 2.05) is 13.8 Å². The normalized spacial score (nSPS) is 16.1. The molecule has 84 valence electrons. The Bertz CT molecular complexity index is 192.